The molecular weight excluding hydrogens is 513 g/mol. The number of aromatic amines is 1. The van der Waals surface area contributed by atoms with Crippen LogP contribution in [-0.2, 0) is 4.79 Å². The first-order valence-corrected chi connectivity index (χ1v) is 12.4. The van der Waals surface area contributed by atoms with Crippen molar-refractivity contribution in [3.8, 4) is 11.4 Å². The number of halogens is 1. The number of aliphatic carboxylic acids is 1. The van der Waals surface area contributed by atoms with Gasteiger partial charge in [-0.2, -0.15) is 0 Å². The molecule has 5 aromatic rings. The minimum atomic E-state index is -1.73. The van der Waals surface area contributed by atoms with Gasteiger partial charge >= 0.3 is 5.97 Å². The molecule has 1 unspecified atom stereocenters. The fourth-order valence-electron chi connectivity index (χ4n) is 4.28. The standard InChI is InChI=1S/C29H26FN7O3/c1-29(27(39)40,17-37(25-5-3-4-13-32-25)21-9-7-20(30)8-10-21)36-26(38)18-6-11-22-19(15-18)16-24(34-22)23-12-14-33-28(31-2)35-23/h3-16,34H,17H2,1-2H3,(H,36,38)(H,39,40)(H,31,33,35). The lowest BCUT2D eigenvalue weighted by molar-refractivity contribution is -0.143. The minimum Gasteiger partial charge on any atom is -0.479 e. The summed E-state index contributed by atoms with van der Waals surface area (Å²) in [5.41, 5.74) is 1.29. The number of hydrogen-bond acceptors (Lipinski definition) is 7. The van der Waals surface area contributed by atoms with Crippen LogP contribution in [0.1, 0.15) is 17.3 Å². The third-order valence-corrected chi connectivity index (χ3v) is 6.44. The van der Waals surface area contributed by atoms with Gasteiger partial charge < -0.3 is 25.6 Å². The number of rotatable bonds is 9. The highest BCUT2D eigenvalue weighted by atomic mass is 19.1. The third-order valence-electron chi connectivity index (χ3n) is 6.44. The number of pyridine rings is 1. The average Bonchev–Trinajstić information content (AvgIpc) is 3.40. The van der Waals surface area contributed by atoms with E-state index in [4.69, 9.17) is 0 Å². The Morgan fingerprint density at radius 3 is 2.52 bits per heavy atom. The Balaban J connectivity index is 1.43. The first-order chi connectivity index (χ1) is 19.3. The van der Waals surface area contributed by atoms with Crippen molar-refractivity contribution < 1.29 is 19.1 Å². The third kappa shape index (κ3) is 5.44. The summed E-state index contributed by atoms with van der Waals surface area (Å²) in [5, 5.41) is 16.6. The van der Waals surface area contributed by atoms with Gasteiger partial charge in [-0.3, -0.25) is 4.79 Å². The number of anilines is 3. The normalized spacial score (nSPS) is 12.5. The highest BCUT2D eigenvalue weighted by Gasteiger charge is 2.38. The van der Waals surface area contributed by atoms with Crippen molar-refractivity contribution in [1.82, 2.24) is 25.3 Å². The van der Waals surface area contributed by atoms with E-state index in [1.165, 1.54) is 31.2 Å². The lowest BCUT2D eigenvalue weighted by atomic mass is 10.00. The number of carboxylic acid groups (broad SMARTS) is 1. The van der Waals surface area contributed by atoms with Crippen molar-refractivity contribution in [2.45, 2.75) is 12.5 Å². The summed E-state index contributed by atoms with van der Waals surface area (Å²) >= 11 is 0. The van der Waals surface area contributed by atoms with E-state index in [1.807, 2.05) is 6.07 Å². The largest absolute Gasteiger partial charge is 0.479 e. The quantitative estimate of drug-likeness (QED) is 0.213. The molecule has 0 fully saturated rings. The maximum absolute atomic E-state index is 13.6. The second-order valence-electron chi connectivity index (χ2n) is 9.34. The summed E-state index contributed by atoms with van der Waals surface area (Å²) in [6, 6.07) is 19.5. The van der Waals surface area contributed by atoms with E-state index in [2.05, 4.69) is 30.6 Å². The average molecular weight is 540 g/mol. The highest BCUT2D eigenvalue weighted by molar-refractivity contribution is 6.01. The van der Waals surface area contributed by atoms with Crippen molar-refractivity contribution in [2.75, 3.05) is 23.8 Å². The van der Waals surface area contributed by atoms with E-state index in [9.17, 15) is 19.1 Å². The molecule has 11 heteroatoms. The van der Waals surface area contributed by atoms with Gasteiger partial charge in [0.1, 0.15) is 11.6 Å². The van der Waals surface area contributed by atoms with Crippen LogP contribution in [0, 0.1) is 5.82 Å². The fraction of sp³-hybridized carbons (Fsp3) is 0.138. The Kier molecular flexibility index (Phi) is 7.11. The first-order valence-electron chi connectivity index (χ1n) is 12.4. The maximum Gasteiger partial charge on any atom is 0.331 e. The minimum absolute atomic E-state index is 0.172. The Bertz CT molecular complexity index is 1670. The van der Waals surface area contributed by atoms with Crippen LogP contribution in [0.25, 0.3) is 22.3 Å². The van der Waals surface area contributed by atoms with Gasteiger partial charge in [-0.25, -0.2) is 24.1 Å². The molecule has 0 radical (unpaired) electrons. The maximum atomic E-state index is 13.6. The number of nitrogens with one attached hydrogen (secondary N) is 3. The number of amides is 1. The number of benzene rings is 2. The summed E-state index contributed by atoms with van der Waals surface area (Å²) in [5.74, 6) is -1.30. The Morgan fingerprint density at radius 2 is 1.82 bits per heavy atom. The zero-order valence-corrected chi connectivity index (χ0v) is 21.7. The summed E-state index contributed by atoms with van der Waals surface area (Å²) in [7, 11) is 1.73. The molecule has 3 aromatic heterocycles. The molecule has 10 nitrogen and oxygen atoms in total. The molecule has 0 aliphatic rings. The van der Waals surface area contributed by atoms with Gasteiger partial charge in [0, 0.05) is 41.6 Å². The lowest BCUT2D eigenvalue weighted by Crippen LogP contribution is -2.58. The summed E-state index contributed by atoms with van der Waals surface area (Å²) in [4.78, 5) is 43.7. The van der Waals surface area contributed by atoms with Crippen LogP contribution in [0.4, 0.5) is 21.8 Å². The predicted octanol–water partition coefficient (Wildman–Crippen LogP) is 4.61. The SMILES string of the molecule is CNc1nccc(-c2cc3cc(C(=O)NC(C)(CN(c4ccc(F)cc4)c4ccccn4)C(=O)O)ccc3[nH]2)n1. The molecule has 202 valence electrons. The predicted molar refractivity (Wildman–Crippen MR) is 150 cm³/mol. The summed E-state index contributed by atoms with van der Waals surface area (Å²) in [6.45, 7) is 1.25. The van der Waals surface area contributed by atoms with E-state index < -0.39 is 23.2 Å². The van der Waals surface area contributed by atoms with Gasteiger partial charge in [-0.05, 0) is 73.7 Å². The fourth-order valence-corrected chi connectivity index (χ4v) is 4.28. The Morgan fingerprint density at radius 1 is 1.02 bits per heavy atom. The number of nitrogens with zero attached hydrogens (tertiary/aromatic N) is 4. The number of hydrogen-bond donors (Lipinski definition) is 4. The van der Waals surface area contributed by atoms with Crippen LogP contribution in [0.3, 0.4) is 0 Å². The van der Waals surface area contributed by atoms with Crippen molar-refractivity contribution in [3.05, 3.63) is 96.6 Å². The molecule has 5 rings (SSSR count). The van der Waals surface area contributed by atoms with Gasteiger partial charge in [-0.15, -0.1) is 0 Å². The lowest BCUT2D eigenvalue weighted by Gasteiger charge is -2.34. The monoisotopic (exact) mass is 539 g/mol. The van der Waals surface area contributed by atoms with Gasteiger partial charge in [0.05, 0.1) is 17.9 Å². The smallest absolute Gasteiger partial charge is 0.331 e. The molecular formula is C29H26FN7O3. The molecule has 0 bridgehead atoms. The molecule has 1 amide bonds. The van der Waals surface area contributed by atoms with Gasteiger partial charge in [0.25, 0.3) is 5.91 Å². The molecule has 0 spiro atoms. The van der Waals surface area contributed by atoms with Crippen molar-refractivity contribution in [2.24, 2.45) is 0 Å². The van der Waals surface area contributed by atoms with Crippen LogP contribution in [0.15, 0.2) is 85.2 Å². The van der Waals surface area contributed by atoms with E-state index in [0.717, 1.165) is 16.6 Å². The number of carbonyl (C=O) groups is 2. The molecule has 40 heavy (non-hydrogen) atoms. The molecule has 0 aliphatic carbocycles. The molecule has 4 N–H and O–H groups in total. The number of H-pyrrole nitrogens is 1. The van der Waals surface area contributed by atoms with E-state index >= 15 is 0 Å². The zero-order chi connectivity index (χ0) is 28.3. The zero-order valence-electron chi connectivity index (χ0n) is 21.7. The van der Waals surface area contributed by atoms with Crippen LogP contribution in [-0.4, -0.2) is 56.1 Å². The van der Waals surface area contributed by atoms with E-state index in [-0.39, 0.29) is 12.1 Å². The second kappa shape index (κ2) is 10.8. The molecule has 0 aliphatic heterocycles. The number of fused-ring (bicyclic) bond motifs is 1. The van der Waals surface area contributed by atoms with Gasteiger partial charge in [0.15, 0.2) is 5.54 Å². The molecule has 1 atom stereocenters. The van der Waals surface area contributed by atoms with Crippen molar-refractivity contribution in [3.63, 3.8) is 0 Å². The Hall–Kier alpha value is -5.32. The van der Waals surface area contributed by atoms with Crippen LogP contribution in [0.2, 0.25) is 0 Å². The number of carboxylic acids is 1. The van der Waals surface area contributed by atoms with Gasteiger partial charge in [-0.1, -0.05) is 6.07 Å². The highest BCUT2D eigenvalue weighted by Crippen LogP contribution is 2.27. The van der Waals surface area contributed by atoms with Crippen molar-refractivity contribution in [1.29, 1.82) is 0 Å². The molecule has 0 saturated carbocycles. The summed E-state index contributed by atoms with van der Waals surface area (Å²) in [6.07, 6.45) is 3.22. The van der Waals surface area contributed by atoms with Crippen LogP contribution in [0.5, 0.6) is 0 Å². The first kappa shape index (κ1) is 26.3. The van der Waals surface area contributed by atoms with Crippen LogP contribution >= 0.6 is 0 Å². The Labute approximate surface area is 228 Å². The van der Waals surface area contributed by atoms with Gasteiger partial charge in [0.2, 0.25) is 5.95 Å². The number of carbonyl (C=O) groups excluding carboxylic acids is 1. The van der Waals surface area contributed by atoms with E-state index in [0.29, 0.717) is 23.1 Å². The van der Waals surface area contributed by atoms with E-state index in [1.54, 1.807) is 66.8 Å². The number of aromatic nitrogens is 4. The topological polar surface area (TPSA) is 136 Å². The second-order valence-corrected chi connectivity index (χ2v) is 9.34. The summed E-state index contributed by atoms with van der Waals surface area (Å²) < 4.78 is 13.6. The molecule has 0 saturated heterocycles. The molecule has 3 heterocycles. The van der Waals surface area contributed by atoms with Crippen molar-refractivity contribution >= 4 is 40.2 Å². The van der Waals surface area contributed by atoms with Crippen LogP contribution < -0.4 is 15.5 Å². The molecule has 2 aromatic carbocycles.